The molecule has 2 aliphatic carbocycles. The van der Waals surface area contributed by atoms with Gasteiger partial charge in [-0.1, -0.05) is 55.6 Å². The second-order valence-corrected chi connectivity index (χ2v) is 15.5. The van der Waals surface area contributed by atoms with Crippen LogP contribution in [0.3, 0.4) is 0 Å². The minimum absolute atomic E-state index is 0.101. The third-order valence-electron chi connectivity index (χ3n) is 9.59. The molecule has 4 aromatic rings. The number of benzene rings is 3. The predicted octanol–water partition coefficient (Wildman–Crippen LogP) is 7.86. The summed E-state index contributed by atoms with van der Waals surface area (Å²) >= 11 is 17.4. The lowest BCUT2D eigenvalue weighted by molar-refractivity contribution is -0.384. The molecule has 6 unspecified atom stereocenters. The van der Waals surface area contributed by atoms with Gasteiger partial charge in [0.1, 0.15) is 0 Å². The molecular formula is C34H23Br3ClN3O7. The number of nitro groups is 1. The third-order valence-corrected chi connectivity index (χ3v) is 14.1. The number of esters is 1. The summed E-state index contributed by atoms with van der Waals surface area (Å²) in [6.07, 6.45) is 0.842. The molecule has 48 heavy (non-hydrogen) atoms. The number of ketones is 1. The number of alkyl halides is 2. The molecule has 2 amide bonds. The standard InChI is InChI=1S/C34H23Br3ClN3O7/c1-14-30(38)23(35)11-19-20(34(45)48-13-25(42)16-4-8-18(9-5-16)41(46)47)12-24(39-31(14)19)15-2-6-17(7-3-15)40-32(43)26-21-10-22(27(26)33(40)44)29(37)28(21)36/h2-9,11-12,21-22,26-29H,10,13H2,1H3. The van der Waals surface area contributed by atoms with Gasteiger partial charge >= 0.3 is 5.97 Å². The van der Waals surface area contributed by atoms with Gasteiger partial charge < -0.3 is 4.74 Å². The molecule has 10 nitrogen and oxygen atoms in total. The molecule has 2 heterocycles. The van der Waals surface area contributed by atoms with Crippen molar-refractivity contribution in [2.45, 2.75) is 23.0 Å². The van der Waals surface area contributed by atoms with Gasteiger partial charge in [-0.05, 0) is 83.1 Å². The lowest BCUT2D eigenvalue weighted by Crippen LogP contribution is -2.37. The van der Waals surface area contributed by atoms with Crippen molar-refractivity contribution in [1.29, 1.82) is 0 Å². The van der Waals surface area contributed by atoms with E-state index in [4.69, 9.17) is 21.3 Å². The number of ether oxygens (including phenoxy) is 1. The summed E-state index contributed by atoms with van der Waals surface area (Å²) in [5.41, 5.74) is 2.66. The summed E-state index contributed by atoms with van der Waals surface area (Å²) in [6.45, 7) is 1.18. The van der Waals surface area contributed by atoms with Gasteiger partial charge in [0.25, 0.3) is 5.69 Å². The van der Waals surface area contributed by atoms with Crippen molar-refractivity contribution in [3.63, 3.8) is 0 Å². The number of aryl methyl sites for hydroxylation is 1. The average molecular weight is 861 g/mol. The zero-order chi connectivity index (χ0) is 34.2. The Morgan fingerprint density at radius 3 is 2.19 bits per heavy atom. The van der Waals surface area contributed by atoms with Crippen LogP contribution in [-0.2, 0) is 14.3 Å². The summed E-state index contributed by atoms with van der Waals surface area (Å²) in [5.74, 6) is -2.15. The average Bonchev–Trinajstić information content (AvgIpc) is 3.70. The number of imide groups is 1. The zero-order valence-electron chi connectivity index (χ0n) is 24.9. The van der Waals surface area contributed by atoms with E-state index in [2.05, 4.69) is 47.8 Å². The number of carbonyl (C=O) groups excluding carboxylic acids is 4. The molecule has 3 aliphatic rings. The van der Waals surface area contributed by atoms with Crippen molar-refractivity contribution < 1.29 is 28.8 Å². The van der Waals surface area contributed by atoms with Gasteiger partial charge in [-0.3, -0.25) is 29.4 Å². The lowest BCUT2D eigenvalue weighted by Gasteiger charge is -2.28. The smallest absolute Gasteiger partial charge is 0.339 e. The highest BCUT2D eigenvalue weighted by Gasteiger charge is 2.66. The molecule has 7 rings (SSSR count). The van der Waals surface area contributed by atoms with E-state index in [0.29, 0.717) is 42.9 Å². The van der Waals surface area contributed by atoms with Crippen LogP contribution in [0.2, 0.25) is 5.02 Å². The van der Waals surface area contributed by atoms with Crippen LogP contribution in [-0.4, -0.2) is 49.7 Å². The third kappa shape index (κ3) is 5.30. The fraction of sp³-hybridized carbons (Fsp3) is 0.265. The number of fused-ring (bicyclic) bond motifs is 6. The number of pyridine rings is 1. The maximum atomic E-state index is 13.5. The SMILES string of the molecule is Cc1c(Cl)c(Br)cc2c(C(=O)OCC(=O)c3ccc([N+](=O)[O-])cc3)cc(-c3ccc(N4C(=O)C5C6CC(C(Br)C6Br)C5C4=O)cc3)nc12. The number of non-ortho nitro benzene ring substituents is 1. The highest BCUT2D eigenvalue weighted by molar-refractivity contribution is 9.12. The Kier molecular flexibility index (Phi) is 8.54. The van der Waals surface area contributed by atoms with Gasteiger partial charge in [-0.2, -0.15) is 0 Å². The van der Waals surface area contributed by atoms with E-state index in [0.717, 1.165) is 6.42 Å². The first kappa shape index (κ1) is 33.0. The summed E-state index contributed by atoms with van der Waals surface area (Å²) < 4.78 is 5.97. The fourth-order valence-electron chi connectivity index (χ4n) is 7.22. The number of hydrogen-bond acceptors (Lipinski definition) is 8. The maximum absolute atomic E-state index is 13.5. The minimum atomic E-state index is -0.784. The van der Waals surface area contributed by atoms with Crippen LogP contribution >= 0.6 is 59.4 Å². The molecule has 2 bridgehead atoms. The first-order valence-electron chi connectivity index (χ1n) is 14.9. The summed E-state index contributed by atoms with van der Waals surface area (Å²) in [5, 5.41) is 11.8. The second kappa shape index (κ2) is 12.4. The molecule has 244 valence electrons. The number of aromatic nitrogens is 1. The quantitative estimate of drug-likeness (QED) is 0.0458. The molecule has 2 saturated carbocycles. The highest BCUT2D eigenvalue weighted by atomic mass is 79.9. The van der Waals surface area contributed by atoms with E-state index in [-0.39, 0.29) is 62.0 Å². The fourth-order valence-corrected chi connectivity index (χ4v) is 9.77. The molecule has 3 aromatic carbocycles. The van der Waals surface area contributed by atoms with Gasteiger partial charge in [-0.25, -0.2) is 9.78 Å². The van der Waals surface area contributed by atoms with E-state index in [1.54, 1.807) is 43.3 Å². The van der Waals surface area contributed by atoms with Crippen molar-refractivity contribution in [2.24, 2.45) is 23.7 Å². The van der Waals surface area contributed by atoms with Crippen molar-refractivity contribution in [2.75, 3.05) is 11.5 Å². The molecule has 1 aliphatic heterocycles. The molecule has 3 fully saturated rings. The molecule has 1 saturated heterocycles. The molecule has 6 atom stereocenters. The van der Waals surface area contributed by atoms with E-state index >= 15 is 0 Å². The summed E-state index contributed by atoms with van der Waals surface area (Å²) in [6, 6.07) is 15.1. The Balaban J connectivity index is 1.18. The Labute approximate surface area is 303 Å². The number of halogens is 4. The zero-order valence-corrected chi connectivity index (χ0v) is 30.4. The Morgan fingerprint density at radius 1 is 1.00 bits per heavy atom. The van der Waals surface area contributed by atoms with Crippen LogP contribution in [0.4, 0.5) is 11.4 Å². The van der Waals surface area contributed by atoms with Crippen molar-refractivity contribution in [1.82, 2.24) is 4.98 Å². The number of anilines is 1. The van der Waals surface area contributed by atoms with Crippen LogP contribution in [0.5, 0.6) is 0 Å². The van der Waals surface area contributed by atoms with Gasteiger partial charge in [0, 0.05) is 42.8 Å². The Hall–Kier alpha value is -3.52. The Bertz CT molecular complexity index is 2040. The van der Waals surface area contributed by atoms with Crippen LogP contribution in [0.25, 0.3) is 22.2 Å². The monoisotopic (exact) mass is 857 g/mol. The number of rotatable bonds is 7. The number of amides is 2. The predicted molar refractivity (Wildman–Crippen MR) is 189 cm³/mol. The van der Waals surface area contributed by atoms with E-state index in [9.17, 15) is 29.3 Å². The van der Waals surface area contributed by atoms with E-state index in [1.807, 2.05) is 0 Å². The topological polar surface area (TPSA) is 137 Å². The van der Waals surface area contributed by atoms with Crippen molar-refractivity contribution >= 4 is 105 Å². The van der Waals surface area contributed by atoms with Crippen molar-refractivity contribution in [3.05, 3.63) is 97.0 Å². The molecule has 1 aromatic heterocycles. The largest absolute Gasteiger partial charge is 0.454 e. The number of carbonyl (C=O) groups is 4. The van der Waals surface area contributed by atoms with E-state index in [1.165, 1.54) is 29.2 Å². The summed E-state index contributed by atoms with van der Waals surface area (Å²) in [4.78, 5) is 70.1. The van der Waals surface area contributed by atoms with E-state index < -0.39 is 23.3 Å². The first-order chi connectivity index (χ1) is 22.9. The number of nitrogens with zero attached hydrogens (tertiary/aromatic N) is 3. The van der Waals surface area contributed by atoms with Gasteiger partial charge in [0.15, 0.2) is 12.4 Å². The van der Waals surface area contributed by atoms with Gasteiger partial charge in [0.2, 0.25) is 11.8 Å². The lowest BCUT2D eigenvalue weighted by atomic mass is 9.81. The first-order valence-corrected chi connectivity index (χ1v) is 17.9. The molecule has 0 N–H and O–H groups in total. The van der Waals surface area contributed by atoms with Gasteiger partial charge in [0.05, 0.1) is 44.2 Å². The molecule has 0 spiro atoms. The van der Waals surface area contributed by atoms with Crippen LogP contribution in [0, 0.1) is 40.7 Å². The normalized spacial score (nSPS) is 24.3. The van der Waals surface area contributed by atoms with Crippen LogP contribution in [0.15, 0.2) is 65.1 Å². The second-order valence-electron chi connectivity index (χ2n) is 12.1. The number of nitro benzene ring substituents is 1. The number of hydrogen-bond donors (Lipinski definition) is 0. The molecular weight excluding hydrogens is 838 g/mol. The maximum Gasteiger partial charge on any atom is 0.339 e. The molecule has 0 radical (unpaired) electrons. The van der Waals surface area contributed by atoms with Gasteiger partial charge in [-0.15, -0.1) is 0 Å². The van der Waals surface area contributed by atoms with Crippen LogP contribution < -0.4 is 4.90 Å². The minimum Gasteiger partial charge on any atom is -0.454 e. The van der Waals surface area contributed by atoms with Crippen molar-refractivity contribution in [3.8, 4) is 11.3 Å². The van der Waals surface area contributed by atoms with Crippen LogP contribution in [0.1, 0.15) is 32.7 Å². The highest BCUT2D eigenvalue weighted by Crippen LogP contribution is 2.60. The molecule has 14 heteroatoms. The number of Topliss-reactive ketones (excluding diaryl/α,β-unsaturated/α-hetero) is 1. The Morgan fingerprint density at radius 2 is 1.60 bits per heavy atom. The summed E-state index contributed by atoms with van der Waals surface area (Å²) in [7, 11) is 0.